The molecule has 26 heavy (non-hydrogen) atoms. The van der Waals surface area contributed by atoms with Gasteiger partial charge in [0.15, 0.2) is 0 Å². The zero-order valence-electron chi connectivity index (χ0n) is 15.7. The first-order chi connectivity index (χ1) is 12.6. The predicted octanol–water partition coefficient (Wildman–Crippen LogP) is 2.43. The number of carbonyl (C=O) groups excluding carboxylic acids is 2. The lowest BCUT2D eigenvalue weighted by atomic mass is 9.95. The van der Waals surface area contributed by atoms with Gasteiger partial charge < -0.3 is 14.7 Å². The zero-order chi connectivity index (χ0) is 18.1. The molecule has 3 fully saturated rings. The number of anilines is 1. The molecule has 3 aliphatic rings. The standard InChI is InChI=1S/C21H29N3O2/c1-16-5-2-3-6-19(16)22-11-4-12-23(14-13-22)21(26)17-7-10-20(25)24(15-17)18-8-9-18/h2-3,5-6,17-18H,4,7-15H2,1H3/t17-/m1/s1. The van der Waals surface area contributed by atoms with Gasteiger partial charge in [-0.2, -0.15) is 0 Å². The third-order valence-corrected chi connectivity index (χ3v) is 6.04. The second kappa shape index (κ2) is 7.29. The van der Waals surface area contributed by atoms with Crippen molar-refractivity contribution < 1.29 is 9.59 Å². The van der Waals surface area contributed by atoms with Crippen molar-refractivity contribution in [3.63, 3.8) is 0 Å². The Balaban J connectivity index is 1.38. The first-order valence-electron chi connectivity index (χ1n) is 10.0. The van der Waals surface area contributed by atoms with Crippen LogP contribution < -0.4 is 4.90 Å². The smallest absolute Gasteiger partial charge is 0.227 e. The van der Waals surface area contributed by atoms with Crippen LogP contribution in [0.25, 0.3) is 0 Å². The maximum Gasteiger partial charge on any atom is 0.227 e. The van der Waals surface area contributed by atoms with Crippen LogP contribution in [0.1, 0.15) is 37.7 Å². The quantitative estimate of drug-likeness (QED) is 0.836. The number of rotatable bonds is 3. The molecule has 2 heterocycles. The molecule has 0 unspecified atom stereocenters. The van der Waals surface area contributed by atoms with Crippen LogP contribution in [0, 0.1) is 12.8 Å². The van der Waals surface area contributed by atoms with Gasteiger partial charge in [0, 0.05) is 50.9 Å². The van der Waals surface area contributed by atoms with E-state index >= 15 is 0 Å². The Morgan fingerprint density at radius 1 is 1.04 bits per heavy atom. The molecule has 2 saturated heterocycles. The molecule has 1 atom stereocenters. The molecule has 5 heteroatoms. The highest BCUT2D eigenvalue weighted by molar-refractivity contribution is 5.84. The van der Waals surface area contributed by atoms with Gasteiger partial charge in [0.1, 0.15) is 0 Å². The van der Waals surface area contributed by atoms with Crippen molar-refractivity contribution in [1.29, 1.82) is 0 Å². The molecule has 1 aromatic rings. The summed E-state index contributed by atoms with van der Waals surface area (Å²) in [6.45, 7) is 6.27. The zero-order valence-corrected chi connectivity index (χ0v) is 15.7. The summed E-state index contributed by atoms with van der Waals surface area (Å²) in [5.74, 6) is 0.506. The average Bonchev–Trinajstić information content (AvgIpc) is 3.49. The van der Waals surface area contributed by atoms with Crippen molar-refractivity contribution in [3.8, 4) is 0 Å². The number of aryl methyl sites for hydroxylation is 1. The number of likely N-dealkylation sites (tertiary alicyclic amines) is 1. The molecule has 1 aliphatic carbocycles. The molecule has 1 saturated carbocycles. The lowest BCUT2D eigenvalue weighted by Crippen LogP contribution is -2.48. The normalized spacial score (nSPS) is 24.6. The fraction of sp³-hybridized carbons (Fsp3) is 0.619. The summed E-state index contributed by atoms with van der Waals surface area (Å²) < 4.78 is 0. The molecule has 0 bridgehead atoms. The Kier molecular flexibility index (Phi) is 4.88. The first kappa shape index (κ1) is 17.4. The van der Waals surface area contributed by atoms with Gasteiger partial charge in [-0.15, -0.1) is 0 Å². The van der Waals surface area contributed by atoms with Gasteiger partial charge in [0.05, 0.1) is 5.92 Å². The molecule has 0 spiro atoms. The molecule has 1 aromatic carbocycles. The van der Waals surface area contributed by atoms with Crippen molar-refractivity contribution in [2.75, 3.05) is 37.6 Å². The summed E-state index contributed by atoms with van der Waals surface area (Å²) in [6, 6.07) is 8.89. The highest BCUT2D eigenvalue weighted by Crippen LogP contribution is 2.32. The lowest BCUT2D eigenvalue weighted by Gasteiger charge is -2.34. The number of benzene rings is 1. The lowest BCUT2D eigenvalue weighted by molar-refractivity contribution is -0.143. The third-order valence-electron chi connectivity index (χ3n) is 6.04. The Bertz CT molecular complexity index is 686. The second-order valence-electron chi connectivity index (χ2n) is 7.97. The summed E-state index contributed by atoms with van der Waals surface area (Å²) in [6.07, 6.45) is 4.48. The van der Waals surface area contributed by atoms with Crippen molar-refractivity contribution in [2.24, 2.45) is 5.92 Å². The fourth-order valence-electron chi connectivity index (χ4n) is 4.37. The Morgan fingerprint density at radius 2 is 1.85 bits per heavy atom. The molecule has 2 amide bonds. The maximum absolute atomic E-state index is 13.1. The SMILES string of the molecule is Cc1ccccc1N1CCCN(C(=O)[C@@H]2CCC(=O)N(C3CC3)C2)CC1. The third kappa shape index (κ3) is 3.57. The van der Waals surface area contributed by atoms with E-state index in [2.05, 4.69) is 36.1 Å². The van der Waals surface area contributed by atoms with E-state index in [1.807, 2.05) is 9.80 Å². The highest BCUT2D eigenvalue weighted by Gasteiger charge is 2.39. The van der Waals surface area contributed by atoms with Crippen molar-refractivity contribution in [3.05, 3.63) is 29.8 Å². The molecule has 0 radical (unpaired) electrons. The van der Waals surface area contributed by atoms with E-state index in [1.54, 1.807) is 0 Å². The van der Waals surface area contributed by atoms with Gasteiger partial charge in [-0.3, -0.25) is 9.59 Å². The Morgan fingerprint density at radius 3 is 2.62 bits per heavy atom. The van der Waals surface area contributed by atoms with Gasteiger partial charge in [-0.25, -0.2) is 0 Å². The van der Waals surface area contributed by atoms with Crippen LogP contribution in [-0.4, -0.2) is 60.4 Å². The van der Waals surface area contributed by atoms with Gasteiger partial charge in [0.2, 0.25) is 11.8 Å². The van der Waals surface area contributed by atoms with Gasteiger partial charge in [0.25, 0.3) is 0 Å². The van der Waals surface area contributed by atoms with Gasteiger partial charge in [-0.1, -0.05) is 18.2 Å². The summed E-state index contributed by atoms with van der Waals surface area (Å²) in [4.78, 5) is 31.6. The Labute approximate surface area is 155 Å². The van der Waals surface area contributed by atoms with Crippen molar-refractivity contribution in [2.45, 2.75) is 45.1 Å². The fourth-order valence-corrected chi connectivity index (χ4v) is 4.37. The molecule has 140 valence electrons. The van der Waals surface area contributed by atoms with Crippen LogP contribution in [0.2, 0.25) is 0 Å². The Hall–Kier alpha value is -2.04. The van der Waals surface area contributed by atoms with E-state index in [4.69, 9.17) is 0 Å². The molecule has 2 aliphatic heterocycles. The predicted molar refractivity (Wildman–Crippen MR) is 102 cm³/mol. The van der Waals surface area contributed by atoms with E-state index in [0.29, 0.717) is 19.0 Å². The number of hydrogen-bond donors (Lipinski definition) is 0. The van der Waals surface area contributed by atoms with Crippen LogP contribution in [0.5, 0.6) is 0 Å². The van der Waals surface area contributed by atoms with E-state index in [1.165, 1.54) is 11.3 Å². The summed E-state index contributed by atoms with van der Waals surface area (Å²) in [5, 5.41) is 0. The molecular formula is C21H29N3O2. The van der Waals surface area contributed by atoms with E-state index in [-0.39, 0.29) is 17.7 Å². The van der Waals surface area contributed by atoms with Gasteiger partial charge in [-0.05, 0) is 44.2 Å². The number of piperidine rings is 1. The summed E-state index contributed by atoms with van der Waals surface area (Å²) in [7, 11) is 0. The molecule has 0 N–H and O–H groups in total. The average molecular weight is 355 g/mol. The van der Waals surface area contributed by atoms with E-state index in [9.17, 15) is 9.59 Å². The number of hydrogen-bond acceptors (Lipinski definition) is 3. The first-order valence-corrected chi connectivity index (χ1v) is 10.0. The minimum atomic E-state index is -0.00156. The molecule has 5 nitrogen and oxygen atoms in total. The van der Waals surface area contributed by atoms with Crippen LogP contribution >= 0.6 is 0 Å². The summed E-state index contributed by atoms with van der Waals surface area (Å²) in [5.41, 5.74) is 2.57. The topological polar surface area (TPSA) is 43.9 Å². The van der Waals surface area contributed by atoms with Crippen LogP contribution in [0.3, 0.4) is 0 Å². The minimum Gasteiger partial charge on any atom is -0.369 e. The number of para-hydroxylation sites is 1. The van der Waals surface area contributed by atoms with Crippen molar-refractivity contribution in [1.82, 2.24) is 9.80 Å². The van der Waals surface area contributed by atoms with Crippen LogP contribution in [0.15, 0.2) is 24.3 Å². The monoisotopic (exact) mass is 355 g/mol. The van der Waals surface area contributed by atoms with Gasteiger partial charge >= 0.3 is 0 Å². The van der Waals surface area contributed by atoms with E-state index < -0.39 is 0 Å². The number of nitrogens with zero attached hydrogens (tertiary/aromatic N) is 3. The summed E-state index contributed by atoms with van der Waals surface area (Å²) >= 11 is 0. The molecule has 4 rings (SSSR count). The maximum atomic E-state index is 13.1. The van der Waals surface area contributed by atoms with Crippen LogP contribution in [0.4, 0.5) is 5.69 Å². The molecule has 0 aromatic heterocycles. The second-order valence-corrected chi connectivity index (χ2v) is 7.97. The minimum absolute atomic E-state index is 0.00156. The number of carbonyl (C=O) groups is 2. The van der Waals surface area contributed by atoms with Crippen LogP contribution in [-0.2, 0) is 9.59 Å². The largest absolute Gasteiger partial charge is 0.369 e. The highest BCUT2D eigenvalue weighted by atomic mass is 16.2. The number of amides is 2. The molecular weight excluding hydrogens is 326 g/mol. The van der Waals surface area contributed by atoms with E-state index in [0.717, 1.165) is 51.9 Å². The van der Waals surface area contributed by atoms with Crippen molar-refractivity contribution >= 4 is 17.5 Å².